The molecule has 5 nitrogen and oxygen atoms in total. The van der Waals surface area contributed by atoms with Crippen LogP contribution in [0.25, 0.3) is 0 Å². The van der Waals surface area contributed by atoms with Gasteiger partial charge in [-0.15, -0.1) is 0 Å². The van der Waals surface area contributed by atoms with Crippen molar-refractivity contribution in [1.82, 2.24) is 10.2 Å². The summed E-state index contributed by atoms with van der Waals surface area (Å²) in [6.07, 6.45) is 2.08. The van der Waals surface area contributed by atoms with E-state index in [1.807, 2.05) is 48.5 Å². The van der Waals surface area contributed by atoms with Crippen LogP contribution >= 0.6 is 0 Å². The molecule has 1 aliphatic carbocycles. The third-order valence-corrected chi connectivity index (χ3v) is 6.08. The number of piperidine rings is 1. The molecule has 0 aromatic heterocycles. The highest BCUT2D eigenvalue weighted by Crippen LogP contribution is 2.31. The van der Waals surface area contributed by atoms with Crippen LogP contribution in [0.1, 0.15) is 45.9 Å². The van der Waals surface area contributed by atoms with E-state index in [1.165, 1.54) is 5.56 Å². The summed E-state index contributed by atoms with van der Waals surface area (Å²) in [5.74, 6) is 0.287. The topological polar surface area (TPSA) is 72.8 Å². The molecular weight excluding hydrogens is 352 g/mol. The molecule has 2 aromatic carbocycles. The summed E-state index contributed by atoms with van der Waals surface area (Å²) in [5, 5.41) is 22.6. The lowest BCUT2D eigenvalue weighted by molar-refractivity contribution is 0.0858. The number of rotatable bonds is 5. The first-order valence-electron chi connectivity index (χ1n) is 10.1. The zero-order valence-electron chi connectivity index (χ0n) is 16.1. The van der Waals surface area contributed by atoms with Gasteiger partial charge >= 0.3 is 0 Å². The SMILES string of the molecule is O=C(NC1c2ccccc2CC1O)c1ccc(CN2CCC(CO)CC2)cc1. The van der Waals surface area contributed by atoms with E-state index in [-0.39, 0.29) is 18.6 Å². The summed E-state index contributed by atoms with van der Waals surface area (Å²) >= 11 is 0. The van der Waals surface area contributed by atoms with Gasteiger partial charge in [0, 0.05) is 25.1 Å². The van der Waals surface area contributed by atoms with Gasteiger partial charge in [0.1, 0.15) is 0 Å². The highest BCUT2D eigenvalue weighted by Gasteiger charge is 2.32. The van der Waals surface area contributed by atoms with E-state index in [2.05, 4.69) is 10.2 Å². The third kappa shape index (κ3) is 4.12. The van der Waals surface area contributed by atoms with Crippen molar-refractivity contribution in [2.24, 2.45) is 5.92 Å². The fraction of sp³-hybridized carbons (Fsp3) is 0.435. The van der Waals surface area contributed by atoms with E-state index in [1.54, 1.807) is 0 Å². The normalized spacial score (nSPS) is 22.8. The predicted octanol–water partition coefficient (Wildman–Crippen LogP) is 2.28. The summed E-state index contributed by atoms with van der Waals surface area (Å²) in [4.78, 5) is 15.1. The molecule has 1 fully saturated rings. The highest BCUT2D eigenvalue weighted by atomic mass is 16.3. The lowest BCUT2D eigenvalue weighted by atomic mass is 9.97. The molecule has 4 rings (SSSR count). The van der Waals surface area contributed by atoms with Crippen molar-refractivity contribution >= 4 is 5.91 Å². The van der Waals surface area contributed by atoms with Gasteiger partial charge in [0.25, 0.3) is 5.91 Å². The molecule has 2 aromatic rings. The van der Waals surface area contributed by atoms with E-state index < -0.39 is 6.10 Å². The number of aliphatic hydroxyl groups excluding tert-OH is 2. The molecule has 0 saturated carbocycles. The number of nitrogens with zero attached hydrogens (tertiary/aromatic N) is 1. The second-order valence-electron chi connectivity index (χ2n) is 8.02. The molecule has 1 aliphatic heterocycles. The van der Waals surface area contributed by atoms with Crippen molar-refractivity contribution in [3.05, 3.63) is 70.8 Å². The Morgan fingerprint density at radius 2 is 1.79 bits per heavy atom. The van der Waals surface area contributed by atoms with Gasteiger partial charge in [0.2, 0.25) is 0 Å². The predicted molar refractivity (Wildman–Crippen MR) is 108 cm³/mol. The monoisotopic (exact) mass is 380 g/mol. The van der Waals surface area contributed by atoms with Gasteiger partial charge in [-0.3, -0.25) is 9.69 Å². The third-order valence-electron chi connectivity index (χ3n) is 6.08. The zero-order valence-corrected chi connectivity index (χ0v) is 16.1. The van der Waals surface area contributed by atoms with E-state index in [0.717, 1.165) is 43.6 Å². The maximum absolute atomic E-state index is 12.7. The minimum Gasteiger partial charge on any atom is -0.396 e. The van der Waals surface area contributed by atoms with E-state index in [4.69, 9.17) is 0 Å². The first-order chi connectivity index (χ1) is 13.6. The maximum Gasteiger partial charge on any atom is 0.251 e. The molecule has 1 heterocycles. The van der Waals surface area contributed by atoms with Gasteiger partial charge in [0.15, 0.2) is 0 Å². The molecule has 2 unspecified atom stereocenters. The minimum absolute atomic E-state index is 0.156. The molecule has 0 radical (unpaired) electrons. The lowest BCUT2D eigenvalue weighted by Crippen LogP contribution is -2.34. The van der Waals surface area contributed by atoms with Crippen LogP contribution in [0.4, 0.5) is 0 Å². The van der Waals surface area contributed by atoms with Crippen molar-refractivity contribution in [3.63, 3.8) is 0 Å². The number of hydrogen-bond acceptors (Lipinski definition) is 4. The number of carbonyl (C=O) groups is 1. The molecule has 0 bridgehead atoms. The molecule has 2 aliphatic rings. The first-order valence-corrected chi connectivity index (χ1v) is 10.1. The Kier molecular flexibility index (Phi) is 5.76. The van der Waals surface area contributed by atoms with Gasteiger partial charge in [-0.2, -0.15) is 0 Å². The van der Waals surface area contributed by atoms with Crippen molar-refractivity contribution < 1.29 is 15.0 Å². The van der Waals surface area contributed by atoms with Crippen molar-refractivity contribution in [3.8, 4) is 0 Å². The maximum atomic E-state index is 12.7. The van der Waals surface area contributed by atoms with Gasteiger partial charge in [-0.25, -0.2) is 0 Å². The molecule has 148 valence electrons. The molecule has 2 atom stereocenters. The van der Waals surface area contributed by atoms with Crippen LogP contribution in [0.3, 0.4) is 0 Å². The largest absolute Gasteiger partial charge is 0.396 e. The lowest BCUT2D eigenvalue weighted by Gasteiger charge is -2.31. The molecule has 1 amide bonds. The number of hydrogen-bond donors (Lipinski definition) is 3. The van der Waals surface area contributed by atoms with Crippen molar-refractivity contribution in [1.29, 1.82) is 0 Å². The van der Waals surface area contributed by atoms with E-state index in [0.29, 0.717) is 17.9 Å². The number of amides is 1. The Morgan fingerprint density at radius 1 is 1.07 bits per heavy atom. The van der Waals surface area contributed by atoms with Crippen LogP contribution < -0.4 is 5.32 Å². The van der Waals surface area contributed by atoms with Gasteiger partial charge in [0.05, 0.1) is 12.1 Å². The van der Waals surface area contributed by atoms with Crippen LogP contribution in [0, 0.1) is 5.92 Å². The second kappa shape index (κ2) is 8.43. The number of carbonyl (C=O) groups excluding carboxylic acids is 1. The van der Waals surface area contributed by atoms with Crippen LogP contribution in [0.15, 0.2) is 48.5 Å². The summed E-state index contributed by atoms with van der Waals surface area (Å²) in [7, 11) is 0. The Bertz CT molecular complexity index is 813. The number of likely N-dealkylation sites (tertiary alicyclic amines) is 1. The standard InChI is InChI=1S/C23H28N2O3/c26-15-17-9-11-25(12-10-17)14-16-5-7-18(8-6-16)23(28)24-22-20-4-2-1-3-19(20)13-21(22)27/h1-8,17,21-22,26-27H,9-15H2,(H,24,28). The van der Waals surface area contributed by atoms with E-state index >= 15 is 0 Å². The fourth-order valence-corrected chi connectivity index (χ4v) is 4.32. The molecule has 28 heavy (non-hydrogen) atoms. The van der Waals surface area contributed by atoms with Gasteiger partial charge < -0.3 is 15.5 Å². The summed E-state index contributed by atoms with van der Waals surface area (Å²) in [6, 6.07) is 15.3. The fourth-order valence-electron chi connectivity index (χ4n) is 4.32. The van der Waals surface area contributed by atoms with Crippen LogP contribution in [0.5, 0.6) is 0 Å². The molecule has 5 heteroatoms. The molecule has 3 N–H and O–H groups in total. The Labute approximate surface area is 166 Å². The average molecular weight is 380 g/mol. The molecule has 1 saturated heterocycles. The quantitative estimate of drug-likeness (QED) is 0.744. The van der Waals surface area contributed by atoms with E-state index in [9.17, 15) is 15.0 Å². The summed E-state index contributed by atoms with van der Waals surface area (Å²) < 4.78 is 0. The minimum atomic E-state index is -0.581. The average Bonchev–Trinajstić information content (AvgIpc) is 3.04. The number of nitrogens with one attached hydrogen (secondary N) is 1. The zero-order chi connectivity index (χ0) is 19.5. The molecule has 0 spiro atoms. The Hall–Kier alpha value is -2.21. The van der Waals surface area contributed by atoms with Crippen molar-refractivity contribution in [2.75, 3.05) is 19.7 Å². The second-order valence-corrected chi connectivity index (χ2v) is 8.02. The Balaban J connectivity index is 1.36. The number of fused-ring (bicyclic) bond motifs is 1. The summed E-state index contributed by atoms with van der Waals surface area (Å²) in [6.45, 7) is 3.17. The number of benzene rings is 2. The van der Waals surface area contributed by atoms with Gasteiger partial charge in [-0.1, -0.05) is 36.4 Å². The van der Waals surface area contributed by atoms with Crippen LogP contribution in [-0.4, -0.2) is 46.8 Å². The smallest absolute Gasteiger partial charge is 0.251 e. The Morgan fingerprint density at radius 3 is 2.50 bits per heavy atom. The highest BCUT2D eigenvalue weighted by molar-refractivity contribution is 5.94. The van der Waals surface area contributed by atoms with Gasteiger partial charge in [-0.05, 0) is 60.7 Å². The number of aliphatic hydroxyl groups is 2. The van der Waals surface area contributed by atoms with Crippen LogP contribution in [-0.2, 0) is 13.0 Å². The summed E-state index contributed by atoms with van der Waals surface area (Å²) in [5.41, 5.74) is 3.90. The van der Waals surface area contributed by atoms with Crippen molar-refractivity contribution in [2.45, 2.75) is 38.0 Å². The van der Waals surface area contributed by atoms with Crippen LogP contribution in [0.2, 0.25) is 0 Å². The molecular formula is C23H28N2O3. The first kappa shape index (κ1) is 19.1.